The molecule has 1 aromatic carbocycles. The Morgan fingerprint density at radius 2 is 2.23 bits per heavy atom. The van der Waals surface area contributed by atoms with Crippen LogP contribution >= 0.6 is 0 Å². The van der Waals surface area contributed by atoms with E-state index in [1.165, 1.54) is 0 Å². The fraction of sp³-hybridized carbons (Fsp3) is 0.400. The molecule has 2 aromatic rings. The third kappa shape index (κ3) is 2.96. The molecule has 0 spiro atoms. The summed E-state index contributed by atoms with van der Waals surface area (Å²) in [5.74, 6) is -0.250. The van der Waals surface area contributed by atoms with E-state index in [-0.39, 0.29) is 18.2 Å². The quantitative estimate of drug-likeness (QED) is 0.827. The Bertz CT molecular complexity index is 868. The lowest BCUT2D eigenvalue weighted by Gasteiger charge is -2.39. The molecule has 1 atom stereocenters. The molecular weight excluding hydrogens is 334 g/mol. The summed E-state index contributed by atoms with van der Waals surface area (Å²) in [6, 6.07) is 5.42. The van der Waals surface area contributed by atoms with Crippen LogP contribution in [0.3, 0.4) is 0 Å². The molecule has 1 aliphatic heterocycles. The number of carbonyl (C=O) groups excluding carboxylic acids is 1. The first-order valence-electron chi connectivity index (χ1n) is 8.62. The number of amides is 1. The second-order valence-electron chi connectivity index (χ2n) is 6.83. The van der Waals surface area contributed by atoms with E-state index < -0.39 is 11.4 Å². The molecule has 0 saturated carbocycles. The lowest BCUT2D eigenvalue weighted by Crippen LogP contribution is -2.49. The van der Waals surface area contributed by atoms with Gasteiger partial charge in [0.25, 0.3) is 5.91 Å². The minimum Gasteiger partial charge on any atom is -0.497 e. The van der Waals surface area contributed by atoms with E-state index in [0.29, 0.717) is 37.1 Å². The van der Waals surface area contributed by atoms with Gasteiger partial charge in [0.05, 0.1) is 12.5 Å². The monoisotopic (exact) mass is 357 g/mol. The SMILES string of the molecule is C=CC[C@@]1(C(=O)O)CCCN(C(=O)c2oc3cc(OC)ccc3c2C)C1. The van der Waals surface area contributed by atoms with E-state index in [1.807, 2.05) is 19.1 Å². The van der Waals surface area contributed by atoms with E-state index >= 15 is 0 Å². The van der Waals surface area contributed by atoms with Crippen molar-refractivity contribution in [1.82, 2.24) is 4.90 Å². The summed E-state index contributed by atoms with van der Waals surface area (Å²) in [5, 5.41) is 10.5. The molecule has 1 N–H and O–H groups in total. The number of piperidine rings is 1. The van der Waals surface area contributed by atoms with Crippen molar-refractivity contribution in [2.24, 2.45) is 5.41 Å². The first-order chi connectivity index (χ1) is 12.4. The molecule has 6 heteroatoms. The predicted molar refractivity (Wildman–Crippen MR) is 97.5 cm³/mol. The van der Waals surface area contributed by atoms with Gasteiger partial charge in [-0.2, -0.15) is 0 Å². The number of aliphatic carboxylic acids is 1. The number of likely N-dealkylation sites (tertiary alicyclic amines) is 1. The lowest BCUT2D eigenvalue weighted by atomic mass is 9.77. The van der Waals surface area contributed by atoms with Crippen molar-refractivity contribution in [3.05, 3.63) is 42.2 Å². The molecular formula is C20H23NO5. The topological polar surface area (TPSA) is 80.0 Å². The van der Waals surface area contributed by atoms with Crippen LogP contribution in [0.5, 0.6) is 5.75 Å². The summed E-state index contributed by atoms with van der Waals surface area (Å²) in [6.07, 6.45) is 3.12. The molecule has 2 heterocycles. The van der Waals surface area contributed by atoms with Gasteiger partial charge in [0, 0.05) is 30.1 Å². The average molecular weight is 357 g/mol. The van der Waals surface area contributed by atoms with Crippen molar-refractivity contribution in [3.63, 3.8) is 0 Å². The highest BCUT2D eigenvalue weighted by Crippen LogP contribution is 2.36. The van der Waals surface area contributed by atoms with Crippen molar-refractivity contribution in [2.45, 2.75) is 26.2 Å². The summed E-state index contributed by atoms with van der Waals surface area (Å²) in [6.45, 7) is 6.19. The van der Waals surface area contributed by atoms with Crippen molar-refractivity contribution in [2.75, 3.05) is 20.2 Å². The summed E-state index contributed by atoms with van der Waals surface area (Å²) in [5.41, 5.74) is 0.361. The number of benzene rings is 1. The predicted octanol–water partition coefficient (Wildman–Crippen LogP) is 3.63. The highest BCUT2D eigenvalue weighted by Gasteiger charge is 2.43. The second-order valence-corrected chi connectivity index (χ2v) is 6.83. The van der Waals surface area contributed by atoms with Gasteiger partial charge in [0.2, 0.25) is 0 Å². The first kappa shape index (κ1) is 18.0. The number of furan rings is 1. The van der Waals surface area contributed by atoms with Crippen LogP contribution in [0.15, 0.2) is 35.3 Å². The summed E-state index contributed by atoms with van der Waals surface area (Å²) in [4.78, 5) is 26.5. The number of nitrogens with zero attached hydrogens (tertiary/aromatic N) is 1. The molecule has 0 bridgehead atoms. The molecule has 138 valence electrons. The summed E-state index contributed by atoms with van der Waals surface area (Å²) in [7, 11) is 1.57. The molecule has 0 aliphatic carbocycles. The maximum atomic E-state index is 13.0. The van der Waals surface area contributed by atoms with Crippen LogP contribution in [-0.2, 0) is 4.79 Å². The molecule has 1 saturated heterocycles. The third-order valence-corrected chi connectivity index (χ3v) is 5.19. The van der Waals surface area contributed by atoms with Crippen LogP contribution in [0.2, 0.25) is 0 Å². The van der Waals surface area contributed by atoms with Gasteiger partial charge < -0.3 is 19.2 Å². The Labute approximate surface area is 152 Å². The Kier molecular flexibility index (Phi) is 4.76. The summed E-state index contributed by atoms with van der Waals surface area (Å²) < 4.78 is 11.0. The smallest absolute Gasteiger partial charge is 0.311 e. The number of rotatable bonds is 5. The Morgan fingerprint density at radius 1 is 1.46 bits per heavy atom. The van der Waals surface area contributed by atoms with Crippen LogP contribution in [0.1, 0.15) is 35.4 Å². The largest absolute Gasteiger partial charge is 0.497 e. The van der Waals surface area contributed by atoms with E-state index in [0.717, 1.165) is 10.9 Å². The van der Waals surface area contributed by atoms with Gasteiger partial charge in [0.15, 0.2) is 5.76 Å². The standard InChI is InChI=1S/C20H23NO5/c1-4-8-20(19(23)24)9-5-10-21(12-20)18(22)17-13(2)15-7-6-14(25-3)11-16(15)26-17/h4,6-7,11H,1,5,8-10,12H2,2-3H3,(H,23,24)/t20-/m1/s1. The number of carbonyl (C=O) groups is 2. The Morgan fingerprint density at radius 3 is 2.88 bits per heavy atom. The number of carboxylic acids is 1. The van der Waals surface area contributed by atoms with E-state index in [2.05, 4.69) is 6.58 Å². The van der Waals surface area contributed by atoms with Gasteiger partial charge >= 0.3 is 5.97 Å². The molecule has 0 radical (unpaired) electrons. The molecule has 1 fully saturated rings. The highest BCUT2D eigenvalue weighted by atomic mass is 16.5. The fourth-order valence-electron chi connectivity index (χ4n) is 3.69. The number of carboxylic acid groups (broad SMARTS) is 1. The molecule has 26 heavy (non-hydrogen) atoms. The van der Waals surface area contributed by atoms with Crippen molar-refractivity contribution >= 4 is 22.8 Å². The number of allylic oxidation sites excluding steroid dienone is 1. The van der Waals surface area contributed by atoms with E-state index in [1.54, 1.807) is 24.2 Å². The van der Waals surface area contributed by atoms with Gasteiger partial charge in [-0.3, -0.25) is 9.59 Å². The highest BCUT2D eigenvalue weighted by molar-refractivity contribution is 5.99. The fourth-order valence-corrected chi connectivity index (χ4v) is 3.69. The average Bonchev–Trinajstić information content (AvgIpc) is 2.97. The zero-order valence-electron chi connectivity index (χ0n) is 15.1. The van der Waals surface area contributed by atoms with Gasteiger partial charge in [-0.25, -0.2) is 0 Å². The van der Waals surface area contributed by atoms with Crippen LogP contribution in [0.4, 0.5) is 0 Å². The minimum atomic E-state index is -0.973. The van der Waals surface area contributed by atoms with Gasteiger partial charge in [-0.1, -0.05) is 6.08 Å². The molecule has 1 aliphatic rings. The lowest BCUT2D eigenvalue weighted by molar-refractivity contribution is -0.151. The number of aryl methyl sites for hydroxylation is 1. The first-order valence-corrected chi connectivity index (χ1v) is 8.62. The molecule has 0 unspecified atom stereocenters. The minimum absolute atomic E-state index is 0.160. The van der Waals surface area contributed by atoms with E-state index in [9.17, 15) is 14.7 Å². The van der Waals surface area contributed by atoms with Crippen molar-refractivity contribution in [3.8, 4) is 5.75 Å². The van der Waals surface area contributed by atoms with Gasteiger partial charge in [-0.05, 0) is 38.3 Å². The van der Waals surface area contributed by atoms with Crippen molar-refractivity contribution in [1.29, 1.82) is 0 Å². The summed E-state index contributed by atoms with van der Waals surface area (Å²) >= 11 is 0. The maximum absolute atomic E-state index is 13.0. The molecule has 1 aromatic heterocycles. The molecule has 3 rings (SSSR count). The van der Waals surface area contributed by atoms with Gasteiger partial charge in [-0.15, -0.1) is 6.58 Å². The number of fused-ring (bicyclic) bond motifs is 1. The third-order valence-electron chi connectivity index (χ3n) is 5.19. The number of hydrogen-bond acceptors (Lipinski definition) is 4. The number of methoxy groups -OCH3 is 1. The van der Waals surface area contributed by atoms with Crippen LogP contribution in [0, 0.1) is 12.3 Å². The van der Waals surface area contributed by atoms with Gasteiger partial charge in [0.1, 0.15) is 11.3 Å². The molecule has 1 amide bonds. The Hall–Kier alpha value is -2.76. The zero-order chi connectivity index (χ0) is 18.9. The number of ether oxygens (including phenoxy) is 1. The van der Waals surface area contributed by atoms with Crippen LogP contribution < -0.4 is 4.74 Å². The second kappa shape index (κ2) is 6.86. The van der Waals surface area contributed by atoms with Crippen LogP contribution in [-0.4, -0.2) is 42.1 Å². The van der Waals surface area contributed by atoms with Crippen LogP contribution in [0.25, 0.3) is 11.0 Å². The van der Waals surface area contributed by atoms with Crippen molar-refractivity contribution < 1.29 is 23.8 Å². The number of hydrogen-bond donors (Lipinski definition) is 1. The normalized spacial score (nSPS) is 20.2. The maximum Gasteiger partial charge on any atom is 0.311 e. The Balaban J connectivity index is 1.93. The zero-order valence-corrected chi connectivity index (χ0v) is 15.1. The van der Waals surface area contributed by atoms with E-state index in [4.69, 9.17) is 9.15 Å². The molecule has 6 nitrogen and oxygen atoms in total.